The lowest BCUT2D eigenvalue weighted by molar-refractivity contribution is 0.101. The first-order valence-electron chi connectivity index (χ1n) is 6.44. The third-order valence-corrected chi connectivity index (χ3v) is 3.18. The van der Waals surface area contributed by atoms with Crippen LogP contribution in [0.5, 0.6) is 0 Å². The Hall–Kier alpha value is -2.67. The highest BCUT2D eigenvalue weighted by Crippen LogP contribution is 2.23. The van der Waals surface area contributed by atoms with E-state index in [0.717, 1.165) is 5.56 Å². The van der Waals surface area contributed by atoms with E-state index in [1.54, 1.807) is 49.1 Å². The van der Waals surface area contributed by atoms with E-state index >= 15 is 0 Å². The third-order valence-electron chi connectivity index (χ3n) is 2.94. The molecule has 22 heavy (non-hydrogen) atoms. The number of hydrogen-bond donors (Lipinski definition) is 1. The summed E-state index contributed by atoms with van der Waals surface area (Å²) in [5, 5.41) is 14.9. The molecule has 112 valence electrons. The van der Waals surface area contributed by atoms with Crippen molar-refractivity contribution in [2.45, 2.75) is 6.92 Å². The van der Waals surface area contributed by atoms with Gasteiger partial charge in [0.15, 0.2) is 5.69 Å². The fourth-order valence-electron chi connectivity index (χ4n) is 2.00. The highest BCUT2D eigenvalue weighted by molar-refractivity contribution is 6.30. The lowest BCUT2D eigenvalue weighted by Gasteiger charge is -1.98. The van der Waals surface area contributed by atoms with E-state index in [0.29, 0.717) is 16.3 Å². The maximum Gasteiger partial charge on any atom is 0.322 e. The van der Waals surface area contributed by atoms with Gasteiger partial charge in [-0.2, -0.15) is 5.10 Å². The molecule has 7 nitrogen and oxygen atoms in total. The molecule has 1 N–H and O–H groups in total. The summed E-state index contributed by atoms with van der Waals surface area (Å²) in [4.78, 5) is 12.1. The van der Waals surface area contributed by atoms with Gasteiger partial charge in [-0.3, -0.25) is 14.8 Å². The van der Waals surface area contributed by atoms with Gasteiger partial charge in [0.05, 0.1) is 0 Å². The van der Waals surface area contributed by atoms with Crippen LogP contribution in [-0.4, -0.2) is 25.9 Å². The van der Waals surface area contributed by atoms with Crippen molar-refractivity contribution in [2.75, 3.05) is 5.32 Å². The minimum atomic E-state index is -0.403. The molecular formula is C14H12ClN5O2. The molecule has 0 bridgehead atoms. The zero-order chi connectivity index (χ0) is 15.7. The van der Waals surface area contributed by atoms with Crippen LogP contribution in [-0.2, 0) is 7.05 Å². The maximum absolute atomic E-state index is 12.1. The Balaban J connectivity index is 1.80. The van der Waals surface area contributed by atoms with E-state index in [1.165, 1.54) is 0 Å². The number of aryl methyl sites for hydroxylation is 2. The van der Waals surface area contributed by atoms with Crippen molar-refractivity contribution in [3.8, 4) is 11.5 Å². The number of rotatable bonds is 3. The zero-order valence-corrected chi connectivity index (χ0v) is 12.6. The van der Waals surface area contributed by atoms with Crippen LogP contribution in [0.3, 0.4) is 0 Å². The van der Waals surface area contributed by atoms with Crippen molar-refractivity contribution < 1.29 is 9.21 Å². The third kappa shape index (κ3) is 2.84. The monoisotopic (exact) mass is 317 g/mol. The van der Waals surface area contributed by atoms with Crippen LogP contribution in [0.15, 0.2) is 34.9 Å². The maximum atomic E-state index is 12.1. The normalized spacial score (nSPS) is 10.7. The van der Waals surface area contributed by atoms with Crippen molar-refractivity contribution in [1.82, 2.24) is 20.0 Å². The number of hydrogen-bond acceptors (Lipinski definition) is 5. The molecule has 0 radical (unpaired) electrons. The molecule has 3 aromatic rings. The summed E-state index contributed by atoms with van der Waals surface area (Å²) in [6.45, 7) is 1.80. The standard InChI is InChI=1S/C14H12ClN5O2/c1-8-7-20(2)19-11(8)12(21)16-14-18-17-13(22-14)9-4-3-5-10(15)6-9/h3-7H,1-2H3,(H,16,18,21). The predicted molar refractivity (Wildman–Crippen MR) is 80.6 cm³/mol. The summed E-state index contributed by atoms with van der Waals surface area (Å²) in [6, 6.07) is 7.01. The molecule has 0 aliphatic heterocycles. The summed E-state index contributed by atoms with van der Waals surface area (Å²) in [5.74, 6) is -0.130. The number of anilines is 1. The van der Waals surface area contributed by atoms with Gasteiger partial charge in [0.1, 0.15) is 0 Å². The summed E-state index contributed by atoms with van der Waals surface area (Å²) < 4.78 is 6.98. The van der Waals surface area contributed by atoms with Gasteiger partial charge >= 0.3 is 6.01 Å². The Morgan fingerprint density at radius 1 is 1.36 bits per heavy atom. The molecule has 0 atom stereocenters. The second kappa shape index (κ2) is 5.61. The van der Waals surface area contributed by atoms with Gasteiger partial charge in [0, 0.05) is 29.4 Å². The molecule has 0 spiro atoms. The minimum Gasteiger partial charge on any atom is -0.403 e. The Bertz CT molecular complexity index is 839. The van der Waals surface area contributed by atoms with Crippen molar-refractivity contribution in [3.05, 3.63) is 46.7 Å². The zero-order valence-electron chi connectivity index (χ0n) is 11.9. The van der Waals surface area contributed by atoms with Crippen LogP contribution in [0, 0.1) is 6.92 Å². The van der Waals surface area contributed by atoms with Crippen molar-refractivity contribution in [3.63, 3.8) is 0 Å². The lowest BCUT2D eigenvalue weighted by atomic mass is 10.2. The summed E-state index contributed by atoms with van der Waals surface area (Å²) in [7, 11) is 1.74. The van der Waals surface area contributed by atoms with Gasteiger partial charge in [0.2, 0.25) is 5.89 Å². The molecule has 0 aliphatic rings. The molecule has 0 unspecified atom stereocenters. The van der Waals surface area contributed by atoms with Crippen molar-refractivity contribution in [2.24, 2.45) is 7.05 Å². The number of nitrogens with one attached hydrogen (secondary N) is 1. The van der Waals surface area contributed by atoms with Crippen LogP contribution >= 0.6 is 11.6 Å². The number of carbonyl (C=O) groups excluding carboxylic acids is 1. The fourth-order valence-corrected chi connectivity index (χ4v) is 2.19. The summed E-state index contributed by atoms with van der Waals surface area (Å²) in [5.41, 5.74) is 1.74. The molecule has 0 fully saturated rings. The first-order chi connectivity index (χ1) is 10.5. The molecule has 0 saturated heterocycles. The predicted octanol–water partition coefficient (Wildman–Crippen LogP) is 2.68. The van der Waals surface area contributed by atoms with Crippen LogP contribution in [0.2, 0.25) is 5.02 Å². The second-order valence-electron chi connectivity index (χ2n) is 4.71. The first-order valence-corrected chi connectivity index (χ1v) is 6.82. The number of carbonyl (C=O) groups is 1. The molecule has 0 saturated carbocycles. The minimum absolute atomic E-state index is 0.00466. The highest BCUT2D eigenvalue weighted by atomic mass is 35.5. The first kappa shape index (κ1) is 14.3. The Morgan fingerprint density at radius 3 is 2.86 bits per heavy atom. The average Bonchev–Trinajstić information content (AvgIpc) is 3.05. The van der Waals surface area contributed by atoms with Crippen molar-refractivity contribution in [1.29, 1.82) is 0 Å². The fraction of sp³-hybridized carbons (Fsp3) is 0.143. The Kier molecular flexibility index (Phi) is 3.64. The van der Waals surface area contributed by atoms with Gasteiger partial charge < -0.3 is 4.42 Å². The molecule has 2 aromatic heterocycles. The van der Waals surface area contributed by atoms with E-state index in [1.807, 2.05) is 0 Å². The number of nitrogens with zero attached hydrogens (tertiary/aromatic N) is 4. The molecule has 2 heterocycles. The number of halogens is 1. The molecule has 3 rings (SSSR count). The largest absolute Gasteiger partial charge is 0.403 e. The average molecular weight is 318 g/mol. The topological polar surface area (TPSA) is 85.8 Å². The van der Waals surface area contributed by atoms with Gasteiger partial charge in [-0.15, -0.1) is 5.10 Å². The van der Waals surface area contributed by atoms with E-state index in [9.17, 15) is 4.79 Å². The second-order valence-corrected chi connectivity index (χ2v) is 5.15. The molecule has 8 heteroatoms. The lowest BCUT2D eigenvalue weighted by Crippen LogP contribution is -2.14. The van der Waals surface area contributed by atoms with Gasteiger partial charge in [-0.25, -0.2) is 0 Å². The number of benzene rings is 1. The SMILES string of the molecule is Cc1cn(C)nc1C(=O)Nc1nnc(-c2cccc(Cl)c2)o1. The molecular weight excluding hydrogens is 306 g/mol. The smallest absolute Gasteiger partial charge is 0.322 e. The number of amides is 1. The van der Waals surface area contributed by atoms with Crippen LogP contribution < -0.4 is 5.32 Å². The van der Waals surface area contributed by atoms with E-state index < -0.39 is 5.91 Å². The summed E-state index contributed by atoms with van der Waals surface area (Å²) >= 11 is 5.92. The van der Waals surface area contributed by atoms with Crippen molar-refractivity contribution >= 4 is 23.5 Å². The Morgan fingerprint density at radius 2 is 2.18 bits per heavy atom. The summed E-state index contributed by atoms with van der Waals surface area (Å²) in [6.07, 6.45) is 1.75. The van der Waals surface area contributed by atoms with Gasteiger partial charge in [-0.1, -0.05) is 22.8 Å². The number of aromatic nitrogens is 4. The molecule has 1 amide bonds. The van der Waals surface area contributed by atoms with Gasteiger partial charge in [-0.05, 0) is 25.1 Å². The van der Waals surface area contributed by atoms with E-state index in [2.05, 4.69) is 20.6 Å². The molecule has 0 aliphatic carbocycles. The van der Waals surface area contributed by atoms with Crippen LogP contribution in [0.1, 0.15) is 16.1 Å². The van der Waals surface area contributed by atoms with E-state index in [-0.39, 0.29) is 11.9 Å². The van der Waals surface area contributed by atoms with Gasteiger partial charge in [0.25, 0.3) is 5.91 Å². The van der Waals surface area contributed by atoms with Crippen LogP contribution in [0.4, 0.5) is 6.01 Å². The van der Waals surface area contributed by atoms with Crippen LogP contribution in [0.25, 0.3) is 11.5 Å². The highest BCUT2D eigenvalue weighted by Gasteiger charge is 2.17. The quantitative estimate of drug-likeness (QED) is 0.802. The van der Waals surface area contributed by atoms with E-state index in [4.69, 9.17) is 16.0 Å². The molecule has 1 aromatic carbocycles. The Labute approximate surface area is 130 Å².